The molecule has 8 heteroatoms. The summed E-state index contributed by atoms with van der Waals surface area (Å²) in [5.74, 6) is -0.161. The predicted octanol–water partition coefficient (Wildman–Crippen LogP) is 4.15. The number of aromatic nitrogens is 1. The Labute approximate surface area is 211 Å². The predicted molar refractivity (Wildman–Crippen MR) is 139 cm³/mol. The molecule has 2 aromatic carbocycles. The molecule has 36 heavy (non-hydrogen) atoms. The van der Waals surface area contributed by atoms with Gasteiger partial charge in [0.25, 0.3) is 11.8 Å². The van der Waals surface area contributed by atoms with Crippen molar-refractivity contribution in [2.75, 3.05) is 32.7 Å². The first-order valence-corrected chi connectivity index (χ1v) is 11.7. The molecule has 0 spiro atoms. The van der Waals surface area contributed by atoms with E-state index < -0.39 is 11.9 Å². The van der Waals surface area contributed by atoms with E-state index in [2.05, 4.69) is 31.1 Å². The Bertz CT molecular complexity index is 1210. The summed E-state index contributed by atoms with van der Waals surface area (Å²) in [6.07, 6.45) is 1.35. The quantitative estimate of drug-likeness (QED) is 0.468. The maximum atomic E-state index is 13.7. The number of amides is 2. The molecule has 3 aromatic rings. The van der Waals surface area contributed by atoms with Crippen LogP contribution in [0.25, 0.3) is 0 Å². The SMILES string of the molecule is COCCN(C(=O)c1ccc(=O)[nH]c1)C(C(=O)Nc1ccc(C(C)(C)C)cc1)c1ccc(OC)cc1. The standard InChI is InChI=1S/C28H33N3O5/c1-28(2,3)21-9-11-22(12-10-21)30-26(33)25(19-6-13-23(36-5)14-7-19)31(16-17-35-4)27(34)20-8-15-24(32)29-18-20/h6-15,18,25H,16-17H2,1-5H3,(H,29,32)(H,30,33). The number of nitrogens with zero attached hydrogens (tertiary/aromatic N) is 1. The van der Waals surface area contributed by atoms with Crippen molar-refractivity contribution >= 4 is 17.5 Å². The number of carbonyl (C=O) groups excluding carboxylic acids is 2. The number of hydrogen-bond acceptors (Lipinski definition) is 5. The highest BCUT2D eigenvalue weighted by Crippen LogP contribution is 2.28. The fourth-order valence-corrected chi connectivity index (χ4v) is 3.77. The van der Waals surface area contributed by atoms with Crippen molar-refractivity contribution in [1.82, 2.24) is 9.88 Å². The maximum absolute atomic E-state index is 13.7. The Morgan fingerprint density at radius 1 is 0.972 bits per heavy atom. The van der Waals surface area contributed by atoms with Crippen LogP contribution >= 0.6 is 0 Å². The second-order valence-electron chi connectivity index (χ2n) is 9.43. The van der Waals surface area contributed by atoms with E-state index in [9.17, 15) is 14.4 Å². The highest BCUT2D eigenvalue weighted by Gasteiger charge is 2.32. The van der Waals surface area contributed by atoms with Gasteiger partial charge < -0.3 is 24.7 Å². The summed E-state index contributed by atoms with van der Waals surface area (Å²) < 4.78 is 10.5. The number of aromatic amines is 1. The molecule has 8 nitrogen and oxygen atoms in total. The van der Waals surface area contributed by atoms with E-state index in [1.54, 1.807) is 31.4 Å². The number of anilines is 1. The summed E-state index contributed by atoms with van der Waals surface area (Å²) >= 11 is 0. The molecule has 0 aliphatic rings. The molecular weight excluding hydrogens is 458 g/mol. The number of methoxy groups -OCH3 is 2. The smallest absolute Gasteiger partial charge is 0.256 e. The molecule has 1 aromatic heterocycles. The van der Waals surface area contributed by atoms with Gasteiger partial charge in [-0.2, -0.15) is 0 Å². The van der Waals surface area contributed by atoms with Crippen molar-refractivity contribution in [3.63, 3.8) is 0 Å². The van der Waals surface area contributed by atoms with Crippen LogP contribution in [-0.4, -0.2) is 49.1 Å². The van der Waals surface area contributed by atoms with Crippen LogP contribution in [0.4, 0.5) is 5.69 Å². The molecule has 1 atom stereocenters. The molecular formula is C28H33N3O5. The van der Waals surface area contributed by atoms with Gasteiger partial charge in [0.2, 0.25) is 5.56 Å². The summed E-state index contributed by atoms with van der Waals surface area (Å²) in [6, 6.07) is 16.4. The van der Waals surface area contributed by atoms with Crippen LogP contribution in [0.15, 0.2) is 71.7 Å². The molecule has 3 rings (SSSR count). The largest absolute Gasteiger partial charge is 0.497 e. The van der Waals surface area contributed by atoms with Gasteiger partial charge in [0.15, 0.2) is 0 Å². The molecule has 2 N–H and O–H groups in total. The van der Waals surface area contributed by atoms with Gasteiger partial charge in [-0.05, 0) is 46.9 Å². The first-order chi connectivity index (χ1) is 17.1. The van der Waals surface area contributed by atoms with Crippen LogP contribution in [0.1, 0.15) is 48.3 Å². The van der Waals surface area contributed by atoms with E-state index in [4.69, 9.17) is 9.47 Å². The molecule has 1 unspecified atom stereocenters. The Balaban J connectivity index is 2.00. The lowest BCUT2D eigenvalue weighted by atomic mass is 9.87. The number of nitrogens with one attached hydrogen (secondary N) is 2. The lowest BCUT2D eigenvalue weighted by Crippen LogP contribution is -2.43. The van der Waals surface area contributed by atoms with E-state index in [1.165, 1.54) is 30.3 Å². The number of rotatable bonds is 9. The Hall–Kier alpha value is -3.91. The van der Waals surface area contributed by atoms with Gasteiger partial charge in [0.1, 0.15) is 11.8 Å². The molecule has 190 valence electrons. The molecule has 0 aliphatic heterocycles. The zero-order chi connectivity index (χ0) is 26.3. The van der Waals surface area contributed by atoms with Crippen molar-refractivity contribution in [2.24, 2.45) is 0 Å². The third-order valence-corrected chi connectivity index (χ3v) is 5.84. The highest BCUT2D eigenvalue weighted by atomic mass is 16.5. The van der Waals surface area contributed by atoms with Gasteiger partial charge in [-0.25, -0.2) is 0 Å². The van der Waals surface area contributed by atoms with Gasteiger partial charge in [0, 0.05) is 31.6 Å². The molecule has 0 saturated carbocycles. The lowest BCUT2D eigenvalue weighted by Gasteiger charge is -2.31. The van der Waals surface area contributed by atoms with Crippen molar-refractivity contribution in [3.05, 3.63) is 93.9 Å². The second kappa shape index (κ2) is 11.7. The molecule has 0 radical (unpaired) electrons. The van der Waals surface area contributed by atoms with Crippen LogP contribution in [0.5, 0.6) is 5.75 Å². The van der Waals surface area contributed by atoms with Gasteiger partial charge in [-0.3, -0.25) is 14.4 Å². The van der Waals surface area contributed by atoms with E-state index in [0.29, 0.717) is 17.0 Å². The Morgan fingerprint density at radius 2 is 1.64 bits per heavy atom. The first kappa shape index (κ1) is 26.7. The number of hydrogen-bond donors (Lipinski definition) is 2. The van der Waals surface area contributed by atoms with Gasteiger partial charge in [-0.1, -0.05) is 45.0 Å². The van der Waals surface area contributed by atoms with E-state index in [0.717, 1.165) is 5.56 Å². The van der Waals surface area contributed by atoms with Crippen molar-refractivity contribution in [3.8, 4) is 5.75 Å². The fraction of sp³-hybridized carbons (Fsp3) is 0.321. The molecule has 1 heterocycles. The van der Waals surface area contributed by atoms with E-state index >= 15 is 0 Å². The second-order valence-corrected chi connectivity index (χ2v) is 9.43. The van der Waals surface area contributed by atoms with E-state index in [-0.39, 0.29) is 35.6 Å². The van der Waals surface area contributed by atoms with Crippen molar-refractivity contribution < 1.29 is 19.1 Å². The van der Waals surface area contributed by atoms with Crippen LogP contribution in [0, 0.1) is 0 Å². The lowest BCUT2D eigenvalue weighted by molar-refractivity contribution is -0.121. The number of ether oxygens (including phenoxy) is 2. The minimum atomic E-state index is -0.965. The topological polar surface area (TPSA) is 101 Å². The minimum absolute atomic E-state index is 0.0196. The minimum Gasteiger partial charge on any atom is -0.497 e. The first-order valence-electron chi connectivity index (χ1n) is 11.7. The third-order valence-electron chi connectivity index (χ3n) is 5.84. The highest BCUT2D eigenvalue weighted by molar-refractivity contribution is 6.01. The zero-order valence-corrected chi connectivity index (χ0v) is 21.3. The Morgan fingerprint density at radius 3 is 2.17 bits per heavy atom. The molecule has 2 amide bonds. The monoisotopic (exact) mass is 491 g/mol. The van der Waals surface area contributed by atoms with Crippen molar-refractivity contribution in [2.45, 2.75) is 32.2 Å². The molecule has 0 bridgehead atoms. The molecule has 0 fully saturated rings. The van der Waals surface area contributed by atoms with Crippen molar-refractivity contribution in [1.29, 1.82) is 0 Å². The number of carbonyl (C=O) groups is 2. The van der Waals surface area contributed by atoms with Gasteiger partial charge >= 0.3 is 0 Å². The maximum Gasteiger partial charge on any atom is 0.256 e. The summed E-state index contributed by atoms with van der Waals surface area (Å²) in [5, 5.41) is 2.96. The normalized spacial score (nSPS) is 12.0. The summed E-state index contributed by atoms with van der Waals surface area (Å²) in [5.41, 5.74) is 2.28. The van der Waals surface area contributed by atoms with Crippen LogP contribution in [0.2, 0.25) is 0 Å². The van der Waals surface area contributed by atoms with Crippen LogP contribution < -0.4 is 15.6 Å². The average molecular weight is 492 g/mol. The van der Waals surface area contributed by atoms with Crippen LogP contribution in [0.3, 0.4) is 0 Å². The molecule has 0 saturated heterocycles. The third kappa shape index (κ3) is 6.60. The number of H-pyrrole nitrogens is 1. The zero-order valence-electron chi connectivity index (χ0n) is 21.3. The van der Waals surface area contributed by atoms with Gasteiger partial charge in [-0.15, -0.1) is 0 Å². The van der Waals surface area contributed by atoms with Gasteiger partial charge in [0.05, 0.1) is 19.3 Å². The summed E-state index contributed by atoms with van der Waals surface area (Å²) in [4.78, 5) is 42.8. The Kier molecular flexibility index (Phi) is 8.66. The fourth-order valence-electron chi connectivity index (χ4n) is 3.77. The average Bonchev–Trinajstić information content (AvgIpc) is 2.86. The molecule has 0 aliphatic carbocycles. The summed E-state index contributed by atoms with van der Waals surface area (Å²) in [6.45, 7) is 6.74. The van der Waals surface area contributed by atoms with E-state index in [1.807, 2.05) is 24.3 Å². The summed E-state index contributed by atoms with van der Waals surface area (Å²) in [7, 11) is 3.09. The number of pyridine rings is 1. The number of benzene rings is 2. The van der Waals surface area contributed by atoms with Crippen LogP contribution in [-0.2, 0) is 14.9 Å².